The summed E-state index contributed by atoms with van der Waals surface area (Å²) >= 11 is 0. The first-order chi connectivity index (χ1) is 7.79. The minimum absolute atomic E-state index is 0.120. The van der Waals surface area contributed by atoms with Crippen LogP contribution in [0.5, 0.6) is 0 Å². The standard InChI is InChI=1S/C13H20N2O2/c1-10(14-9-13(2,3)4)11-6-5-7-12(8-11)15(16)17/h5-8,10,14H,9H2,1-4H3. The Morgan fingerprint density at radius 2 is 2.06 bits per heavy atom. The zero-order chi connectivity index (χ0) is 13.1. The van der Waals surface area contributed by atoms with Crippen LogP contribution in [0.25, 0.3) is 0 Å². The first-order valence-corrected chi connectivity index (χ1v) is 5.77. The average Bonchev–Trinajstić information content (AvgIpc) is 2.25. The SMILES string of the molecule is CC(NCC(C)(C)C)c1cccc([N+](=O)[O-])c1. The zero-order valence-electron chi connectivity index (χ0n) is 10.9. The van der Waals surface area contributed by atoms with Gasteiger partial charge in [-0.1, -0.05) is 32.9 Å². The van der Waals surface area contributed by atoms with Gasteiger partial charge in [0.15, 0.2) is 0 Å². The summed E-state index contributed by atoms with van der Waals surface area (Å²) in [6.07, 6.45) is 0. The summed E-state index contributed by atoms with van der Waals surface area (Å²) in [7, 11) is 0. The van der Waals surface area contributed by atoms with Crippen molar-refractivity contribution in [3.8, 4) is 0 Å². The molecule has 0 spiro atoms. The van der Waals surface area contributed by atoms with E-state index in [0.29, 0.717) is 0 Å². The van der Waals surface area contributed by atoms with Gasteiger partial charge >= 0.3 is 0 Å². The van der Waals surface area contributed by atoms with Crippen molar-refractivity contribution >= 4 is 5.69 Å². The van der Waals surface area contributed by atoms with Gasteiger partial charge in [-0.2, -0.15) is 0 Å². The van der Waals surface area contributed by atoms with Crippen LogP contribution in [0, 0.1) is 15.5 Å². The fraction of sp³-hybridized carbons (Fsp3) is 0.538. The van der Waals surface area contributed by atoms with Gasteiger partial charge in [-0.3, -0.25) is 10.1 Å². The van der Waals surface area contributed by atoms with Gasteiger partial charge in [-0.25, -0.2) is 0 Å². The number of nitro benzene ring substituents is 1. The van der Waals surface area contributed by atoms with Crippen LogP contribution in [0.4, 0.5) is 5.69 Å². The second-order valence-electron chi connectivity index (χ2n) is 5.52. The number of hydrogen-bond acceptors (Lipinski definition) is 3. The molecule has 0 bridgehead atoms. The van der Waals surface area contributed by atoms with E-state index < -0.39 is 0 Å². The lowest BCUT2D eigenvalue weighted by Crippen LogP contribution is -2.29. The van der Waals surface area contributed by atoms with E-state index in [0.717, 1.165) is 12.1 Å². The summed E-state index contributed by atoms with van der Waals surface area (Å²) in [4.78, 5) is 10.3. The predicted octanol–water partition coefficient (Wildman–Crippen LogP) is 3.29. The molecule has 1 aromatic rings. The van der Waals surface area contributed by atoms with Crippen molar-refractivity contribution in [2.45, 2.75) is 33.7 Å². The van der Waals surface area contributed by atoms with Crippen LogP contribution < -0.4 is 5.32 Å². The maximum atomic E-state index is 10.7. The molecular formula is C13H20N2O2. The molecule has 0 aliphatic rings. The molecule has 0 fully saturated rings. The molecule has 4 nitrogen and oxygen atoms in total. The maximum Gasteiger partial charge on any atom is 0.269 e. The van der Waals surface area contributed by atoms with Gasteiger partial charge in [0.1, 0.15) is 0 Å². The predicted molar refractivity (Wildman–Crippen MR) is 69.0 cm³/mol. The highest BCUT2D eigenvalue weighted by molar-refractivity contribution is 5.35. The number of nitro groups is 1. The topological polar surface area (TPSA) is 55.2 Å². The van der Waals surface area contributed by atoms with E-state index in [2.05, 4.69) is 26.1 Å². The molecule has 1 aromatic carbocycles. The molecule has 1 atom stereocenters. The number of hydrogen-bond donors (Lipinski definition) is 1. The molecule has 0 heterocycles. The van der Waals surface area contributed by atoms with E-state index in [1.54, 1.807) is 12.1 Å². The number of rotatable bonds is 4. The molecular weight excluding hydrogens is 216 g/mol. The molecule has 1 N–H and O–H groups in total. The van der Waals surface area contributed by atoms with Crippen LogP contribution >= 0.6 is 0 Å². The Morgan fingerprint density at radius 1 is 1.41 bits per heavy atom. The van der Waals surface area contributed by atoms with Crippen molar-refractivity contribution in [1.29, 1.82) is 0 Å². The third-order valence-electron chi connectivity index (χ3n) is 2.52. The van der Waals surface area contributed by atoms with Crippen LogP contribution in [0.15, 0.2) is 24.3 Å². The van der Waals surface area contributed by atoms with Gasteiger partial charge < -0.3 is 5.32 Å². The van der Waals surface area contributed by atoms with Crippen molar-refractivity contribution in [3.63, 3.8) is 0 Å². The summed E-state index contributed by atoms with van der Waals surface area (Å²) in [5.41, 5.74) is 1.30. The molecule has 0 saturated heterocycles. The normalized spacial score (nSPS) is 13.4. The minimum atomic E-state index is -0.361. The Hall–Kier alpha value is -1.42. The Morgan fingerprint density at radius 3 is 2.59 bits per heavy atom. The number of nitrogens with one attached hydrogen (secondary N) is 1. The number of nitrogens with zero attached hydrogens (tertiary/aromatic N) is 1. The Bertz CT molecular complexity index is 397. The second kappa shape index (κ2) is 5.27. The van der Waals surface area contributed by atoms with Gasteiger partial charge in [0, 0.05) is 24.7 Å². The highest BCUT2D eigenvalue weighted by atomic mass is 16.6. The molecule has 0 radical (unpaired) electrons. The van der Waals surface area contributed by atoms with Crippen molar-refractivity contribution in [2.24, 2.45) is 5.41 Å². The van der Waals surface area contributed by atoms with Crippen LogP contribution in [0.3, 0.4) is 0 Å². The van der Waals surface area contributed by atoms with E-state index in [4.69, 9.17) is 0 Å². The van der Waals surface area contributed by atoms with Gasteiger partial charge in [0.25, 0.3) is 5.69 Å². The summed E-state index contributed by atoms with van der Waals surface area (Å²) in [6.45, 7) is 9.35. The summed E-state index contributed by atoms with van der Waals surface area (Å²) in [5, 5.41) is 14.1. The van der Waals surface area contributed by atoms with Gasteiger partial charge in [0.2, 0.25) is 0 Å². The van der Waals surface area contributed by atoms with Gasteiger partial charge in [0.05, 0.1) is 4.92 Å². The molecule has 0 aliphatic heterocycles. The molecule has 0 saturated carbocycles. The first-order valence-electron chi connectivity index (χ1n) is 5.77. The summed E-state index contributed by atoms with van der Waals surface area (Å²) in [6, 6.07) is 6.89. The molecule has 1 unspecified atom stereocenters. The molecule has 1 rings (SSSR count). The third-order valence-corrected chi connectivity index (χ3v) is 2.52. The molecule has 0 aliphatic carbocycles. The van der Waals surface area contributed by atoms with Crippen LogP contribution in [0.2, 0.25) is 0 Å². The van der Waals surface area contributed by atoms with Crippen LogP contribution in [-0.4, -0.2) is 11.5 Å². The molecule has 0 amide bonds. The third kappa shape index (κ3) is 4.53. The average molecular weight is 236 g/mol. The Kier molecular flexibility index (Phi) is 4.23. The lowest BCUT2D eigenvalue weighted by atomic mass is 9.96. The fourth-order valence-corrected chi connectivity index (χ4v) is 1.48. The Balaban J connectivity index is 2.72. The lowest BCUT2D eigenvalue weighted by molar-refractivity contribution is -0.384. The van der Waals surface area contributed by atoms with Crippen molar-refractivity contribution in [1.82, 2.24) is 5.32 Å². The summed E-state index contributed by atoms with van der Waals surface area (Å²) in [5.74, 6) is 0. The molecule has 94 valence electrons. The quantitative estimate of drug-likeness (QED) is 0.644. The van der Waals surface area contributed by atoms with Crippen LogP contribution in [0.1, 0.15) is 39.3 Å². The number of non-ortho nitro benzene ring substituents is 1. The Labute approximate surface area is 102 Å². The van der Waals surface area contributed by atoms with E-state index in [-0.39, 0.29) is 22.1 Å². The van der Waals surface area contributed by atoms with Crippen molar-refractivity contribution < 1.29 is 4.92 Å². The van der Waals surface area contributed by atoms with Gasteiger partial charge in [-0.05, 0) is 17.9 Å². The highest BCUT2D eigenvalue weighted by Crippen LogP contribution is 2.20. The largest absolute Gasteiger partial charge is 0.310 e. The smallest absolute Gasteiger partial charge is 0.269 e. The molecule has 4 heteroatoms. The van der Waals surface area contributed by atoms with Crippen molar-refractivity contribution in [2.75, 3.05) is 6.54 Å². The number of benzene rings is 1. The second-order valence-corrected chi connectivity index (χ2v) is 5.52. The zero-order valence-corrected chi connectivity index (χ0v) is 10.9. The van der Waals surface area contributed by atoms with E-state index in [1.165, 1.54) is 6.07 Å². The summed E-state index contributed by atoms with van der Waals surface area (Å²) < 4.78 is 0. The van der Waals surface area contributed by atoms with E-state index in [1.807, 2.05) is 13.0 Å². The first kappa shape index (κ1) is 13.6. The van der Waals surface area contributed by atoms with E-state index >= 15 is 0 Å². The van der Waals surface area contributed by atoms with Gasteiger partial charge in [-0.15, -0.1) is 0 Å². The minimum Gasteiger partial charge on any atom is -0.310 e. The lowest BCUT2D eigenvalue weighted by Gasteiger charge is -2.22. The van der Waals surface area contributed by atoms with E-state index in [9.17, 15) is 10.1 Å². The molecule has 17 heavy (non-hydrogen) atoms. The van der Waals surface area contributed by atoms with Crippen LogP contribution in [-0.2, 0) is 0 Å². The molecule has 0 aromatic heterocycles. The highest BCUT2D eigenvalue weighted by Gasteiger charge is 2.14. The van der Waals surface area contributed by atoms with Crippen molar-refractivity contribution in [3.05, 3.63) is 39.9 Å². The maximum absolute atomic E-state index is 10.7. The monoisotopic (exact) mass is 236 g/mol. The fourth-order valence-electron chi connectivity index (χ4n) is 1.48.